The highest BCUT2D eigenvalue weighted by Gasteiger charge is 2.06. The number of aryl methyl sites for hydroxylation is 1. The summed E-state index contributed by atoms with van der Waals surface area (Å²) in [6.07, 6.45) is 3.61. The van der Waals surface area contributed by atoms with Gasteiger partial charge in [0.25, 0.3) is 0 Å². The van der Waals surface area contributed by atoms with E-state index in [9.17, 15) is 4.79 Å². The normalized spacial score (nSPS) is 10.9. The van der Waals surface area contributed by atoms with Gasteiger partial charge in [0, 0.05) is 32.5 Å². The molecule has 0 atom stereocenters. The summed E-state index contributed by atoms with van der Waals surface area (Å²) in [7, 11) is 1.92. The van der Waals surface area contributed by atoms with Crippen LogP contribution in [0.4, 0.5) is 0 Å². The monoisotopic (exact) mass is 270 g/mol. The van der Waals surface area contributed by atoms with Crippen LogP contribution in [0.25, 0.3) is 0 Å². The van der Waals surface area contributed by atoms with Crippen molar-refractivity contribution in [1.82, 2.24) is 19.8 Å². The Morgan fingerprint density at radius 2 is 2.22 bits per heavy atom. The molecule has 0 radical (unpaired) electrons. The molecule has 18 heavy (non-hydrogen) atoms. The van der Waals surface area contributed by atoms with Gasteiger partial charge in [0.2, 0.25) is 5.91 Å². The zero-order valence-corrected chi connectivity index (χ0v) is 12.2. The largest absolute Gasteiger partial charge is 0.354 e. The number of carbonyl (C=O) groups excluding carboxylic acids is 1. The number of imidazole rings is 1. The fourth-order valence-electron chi connectivity index (χ4n) is 1.57. The first-order chi connectivity index (χ1) is 8.67. The number of hydrogen-bond acceptors (Lipinski definition) is 4. The summed E-state index contributed by atoms with van der Waals surface area (Å²) in [5.74, 6) is 0.485. The van der Waals surface area contributed by atoms with Crippen molar-refractivity contribution in [3.63, 3.8) is 0 Å². The molecule has 0 fully saturated rings. The van der Waals surface area contributed by atoms with E-state index in [-0.39, 0.29) is 5.91 Å². The zero-order valence-electron chi connectivity index (χ0n) is 11.3. The van der Waals surface area contributed by atoms with Crippen molar-refractivity contribution in [3.8, 4) is 0 Å². The summed E-state index contributed by atoms with van der Waals surface area (Å²) in [5, 5.41) is 3.79. The van der Waals surface area contributed by atoms with Gasteiger partial charge in [-0.25, -0.2) is 4.98 Å². The molecule has 5 nitrogen and oxygen atoms in total. The molecule has 0 aliphatic carbocycles. The van der Waals surface area contributed by atoms with Gasteiger partial charge in [0.15, 0.2) is 5.16 Å². The van der Waals surface area contributed by atoms with E-state index in [2.05, 4.69) is 29.0 Å². The molecule has 0 aliphatic rings. The first-order valence-corrected chi connectivity index (χ1v) is 7.25. The third-order valence-corrected chi connectivity index (χ3v) is 3.81. The standard InChI is InChI=1S/C12H22N4OS/c1-4-16(5-2)9-7-13-11(17)10-18-12-14-6-8-15(12)3/h6,8H,4-5,7,9-10H2,1-3H3,(H,13,17). The molecule has 0 saturated carbocycles. The molecule has 1 heterocycles. The van der Waals surface area contributed by atoms with Gasteiger partial charge in [0.05, 0.1) is 5.75 Å². The summed E-state index contributed by atoms with van der Waals surface area (Å²) < 4.78 is 1.91. The van der Waals surface area contributed by atoms with Crippen LogP contribution in [-0.4, -0.2) is 52.3 Å². The Morgan fingerprint density at radius 1 is 1.50 bits per heavy atom. The van der Waals surface area contributed by atoms with Crippen molar-refractivity contribution in [3.05, 3.63) is 12.4 Å². The minimum absolute atomic E-state index is 0.0650. The Labute approximate surface area is 113 Å². The SMILES string of the molecule is CCN(CC)CCNC(=O)CSc1nccn1C. The molecule has 0 aromatic carbocycles. The second-order valence-corrected chi connectivity index (χ2v) is 4.93. The second kappa shape index (κ2) is 8.16. The molecule has 1 aromatic heterocycles. The smallest absolute Gasteiger partial charge is 0.230 e. The number of thioether (sulfide) groups is 1. The Balaban J connectivity index is 2.16. The molecule has 0 aliphatic heterocycles. The van der Waals surface area contributed by atoms with Gasteiger partial charge >= 0.3 is 0 Å². The highest BCUT2D eigenvalue weighted by atomic mass is 32.2. The van der Waals surface area contributed by atoms with Gasteiger partial charge < -0.3 is 14.8 Å². The molecule has 1 N–H and O–H groups in total. The number of likely N-dealkylation sites (N-methyl/N-ethyl adjacent to an activating group) is 1. The fourth-order valence-corrected chi connectivity index (χ4v) is 2.33. The van der Waals surface area contributed by atoms with E-state index in [1.807, 2.05) is 17.8 Å². The van der Waals surface area contributed by atoms with Crippen molar-refractivity contribution >= 4 is 17.7 Å². The van der Waals surface area contributed by atoms with Crippen molar-refractivity contribution in [2.45, 2.75) is 19.0 Å². The van der Waals surface area contributed by atoms with Gasteiger partial charge in [0.1, 0.15) is 0 Å². The number of aromatic nitrogens is 2. The number of carbonyl (C=O) groups is 1. The molecule has 0 unspecified atom stereocenters. The maximum Gasteiger partial charge on any atom is 0.230 e. The van der Waals surface area contributed by atoms with Crippen LogP contribution < -0.4 is 5.32 Å². The molecule has 6 heteroatoms. The van der Waals surface area contributed by atoms with E-state index < -0.39 is 0 Å². The Hall–Kier alpha value is -1.01. The molecule has 0 bridgehead atoms. The predicted molar refractivity (Wildman–Crippen MR) is 74.7 cm³/mol. The van der Waals surface area contributed by atoms with E-state index in [1.54, 1.807) is 6.20 Å². The van der Waals surface area contributed by atoms with E-state index >= 15 is 0 Å². The van der Waals surface area contributed by atoms with Gasteiger partial charge in [-0.2, -0.15) is 0 Å². The van der Waals surface area contributed by atoms with Crippen LogP contribution in [0.3, 0.4) is 0 Å². The molecule has 102 valence electrons. The minimum atomic E-state index is 0.0650. The highest BCUT2D eigenvalue weighted by Crippen LogP contribution is 2.13. The van der Waals surface area contributed by atoms with Crippen LogP contribution in [0.2, 0.25) is 0 Å². The van der Waals surface area contributed by atoms with Gasteiger partial charge in [-0.3, -0.25) is 4.79 Å². The van der Waals surface area contributed by atoms with Crippen LogP contribution in [0.1, 0.15) is 13.8 Å². The first kappa shape index (κ1) is 15.0. The van der Waals surface area contributed by atoms with E-state index in [0.29, 0.717) is 12.3 Å². The third-order valence-electron chi connectivity index (χ3n) is 2.75. The lowest BCUT2D eigenvalue weighted by atomic mass is 10.4. The van der Waals surface area contributed by atoms with Gasteiger partial charge in [-0.1, -0.05) is 25.6 Å². The lowest BCUT2D eigenvalue weighted by Crippen LogP contribution is -2.35. The lowest BCUT2D eigenvalue weighted by Gasteiger charge is -2.17. The third kappa shape index (κ3) is 5.10. The number of rotatable bonds is 8. The van der Waals surface area contributed by atoms with Crippen LogP contribution in [0.5, 0.6) is 0 Å². The molecular weight excluding hydrogens is 248 g/mol. The summed E-state index contributed by atoms with van der Waals surface area (Å²) in [6, 6.07) is 0. The zero-order chi connectivity index (χ0) is 13.4. The lowest BCUT2D eigenvalue weighted by molar-refractivity contribution is -0.118. The number of nitrogens with zero attached hydrogens (tertiary/aromatic N) is 3. The summed E-state index contributed by atoms with van der Waals surface area (Å²) in [4.78, 5) is 18.1. The van der Waals surface area contributed by atoms with E-state index in [1.165, 1.54) is 11.8 Å². The quantitative estimate of drug-likeness (QED) is 0.715. The van der Waals surface area contributed by atoms with Crippen molar-refractivity contribution < 1.29 is 4.79 Å². The maximum absolute atomic E-state index is 11.6. The fraction of sp³-hybridized carbons (Fsp3) is 0.667. The minimum Gasteiger partial charge on any atom is -0.354 e. The topological polar surface area (TPSA) is 50.2 Å². The van der Waals surface area contributed by atoms with Crippen LogP contribution in [0, 0.1) is 0 Å². The Kier molecular flexibility index (Phi) is 6.82. The van der Waals surface area contributed by atoms with Crippen LogP contribution >= 0.6 is 11.8 Å². The molecule has 0 spiro atoms. The summed E-state index contributed by atoms with van der Waals surface area (Å²) in [5.41, 5.74) is 0. The summed E-state index contributed by atoms with van der Waals surface area (Å²) >= 11 is 1.46. The average Bonchev–Trinajstić information content (AvgIpc) is 2.78. The van der Waals surface area contributed by atoms with Gasteiger partial charge in [-0.15, -0.1) is 0 Å². The first-order valence-electron chi connectivity index (χ1n) is 6.26. The molecule has 0 saturated heterocycles. The molecule has 1 aromatic rings. The van der Waals surface area contributed by atoms with Crippen LogP contribution in [-0.2, 0) is 11.8 Å². The molecule has 1 amide bonds. The van der Waals surface area contributed by atoms with Crippen molar-refractivity contribution in [1.29, 1.82) is 0 Å². The van der Waals surface area contributed by atoms with Crippen molar-refractivity contribution in [2.75, 3.05) is 31.9 Å². The Bertz CT molecular complexity index is 363. The maximum atomic E-state index is 11.6. The molecular formula is C12H22N4OS. The number of amides is 1. The summed E-state index contributed by atoms with van der Waals surface area (Å²) in [6.45, 7) is 7.92. The van der Waals surface area contributed by atoms with E-state index in [4.69, 9.17) is 0 Å². The Morgan fingerprint density at radius 3 is 2.78 bits per heavy atom. The van der Waals surface area contributed by atoms with E-state index in [0.717, 1.165) is 24.8 Å². The van der Waals surface area contributed by atoms with Crippen molar-refractivity contribution in [2.24, 2.45) is 7.05 Å². The van der Waals surface area contributed by atoms with Gasteiger partial charge in [-0.05, 0) is 13.1 Å². The predicted octanol–water partition coefficient (Wildman–Crippen LogP) is 0.970. The number of hydrogen-bond donors (Lipinski definition) is 1. The van der Waals surface area contributed by atoms with Crippen LogP contribution in [0.15, 0.2) is 17.6 Å². The molecule has 1 rings (SSSR count). The average molecular weight is 270 g/mol. The second-order valence-electron chi connectivity index (χ2n) is 3.99. The number of nitrogens with one attached hydrogen (secondary N) is 1. The highest BCUT2D eigenvalue weighted by molar-refractivity contribution is 7.99.